The zero-order chi connectivity index (χ0) is 30.4. The van der Waals surface area contributed by atoms with Crippen LogP contribution in [0.4, 0.5) is 17.7 Å². The fourth-order valence-electron chi connectivity index (χ4n) is 4.95. The number of anilines is 3. The van der Waals surface area contributed by atoms with Crippen LogP contribution < -0.4 is 22.1 Å². The van der Waals surface area contributed by atoms with E-state index in [0.717, 1.165) is 12.8 Å². The third-order valence-corrected chi connectivity index (χ3v) is 10.1. The molecule has 2 saturated heterocycles. The highest BCUT2D eigenvalue weighted by Crippen LogP contribution is 2.49. The summed E-state index contributed by atoms with van der Waals surface area (Å²) < 4.78 is 37.9. The minimum absolute atomic E-state index is 0.00408. The Balaban J connectivity index is 0.000000168. The van der Waals surface area contributed by atoms with E-state index in [1.165, 1.54) is 6.33 Å². The van der Waals surface area contributed by atoms with Crippen LogP contribution in [0.15, 0.2) is 12.7 Å². The van der Waals surface area contributed by atoms with E-state index in [-0.39, 0.29) is 47.3 Å². The predicted molar refractivity (Wildman–Crippen MR) is 154 cm³/mol. The Morgan fingerprint density at radius 3 is 1.90 bits per heavy atom. The predicted octanol–water partition coefficient (Wildman–Crippen LogP) is 1.23. The van der Waals surface area contributed by atoms with Crippen molar-refractivity contribution in [2.75, 3.05) is 30.5 Å². The van der Waals surface area contributed by atoms with Crippen LogP contribution in [0, 0.1) is 0 Å². The molecule has 2 unspecified atom stereocenters. The number of nitrogen functional groups attached to an aromatic ring is 3. The van der Waals surface area contributed by atoms with Crippen LogP contribution in [0.1, 0.15) is 25.7 Å². The summed E-state index contributed by atoms with van der Waals surface area (Å²) in [7, 11) is -6.69. The number of halogens is 1. The number of nitrogens with two attached hydrogens (primary N) is 3. The van der Waals surface area contributed by atoms with Gasteiger partial charge in [0.2, 0.25) is 11.9 Å². The number of imidazole rings is 2. The lowest BCUT2D eigenvalue weighted by atomic mass is 10.2. The van der Waals surface area contributed by atoms with Crippen molar-refractivity contribution in [1.29, 1.82) is 0 Å². The van der Waals surface area contributed by atoms with E-state index < -0.39 is 20.6 Å². The molecule has 7 N–H and O–H groups in total. The van der Waals surface area contributed by atoms with Gasteiger partial charge >= 0.3 is 0 Å². The summed E-state index contributed by atoms with van der Waals surface area (Å²) in [6.07, 6.45) is 5.25. The zero-order valence-electron chi connectivity index (χ0n) is 22.8. The van der Waals surface area contributed by atoms with E-state index in [1.54, 1.807) is 24.2 Å². The Morgan fingerprint density at radius 2 is 1.38 bits per heavy atom. The second-order valence-electron chi connectivity index (χ2n) is 10.6. The Bertz CT molecular complexity index is 1580. The maximum atomic E-state index is 12.1. The van der Waals surface area contributed by atoms with Crippen LogP contribution >= 0.6 is 26.3 Å². The van der Waals surface area contributed by atoms with Gasteiger partial charge in [0.25, 0.3) is 0 Å². The molecular weight excluding hydrogens is 612 g/mol. The minimum Gasteiger partial charge on any atom is -0.777 e. The minimum atomic E-state index is -4.47. The molecule has 4 aromatic rings. The summed E-state index contributed by atoms with van der Waals surface area (Å²) in [6, 6.07) is 0. The van der Waals surface area contributed by atoms with E-state index in [9.17, 15) is 14.0 Å². The molecule has 20 heteroatoms. The van der Waals surface area contributed by atoms with Crippen LogP contribution in [-0.4, -0.2) is 81.2 Å². The standard InChI is InChI=1S/C12H17ClN5O2P.C10H15N6O4P/c1-21(2,19)8-4-3-7(20-8)5-18-6-15-9-10(13)16-12(14)17-11(9)18;11-8-7-9(15-10(12)14-8)16(4-13-7)3-5-1-2-6(20-5)21(17,18)19/h6-8H,3-5H2,1-2H3,(H2,14,16,17);4-6H,1-3H2,(H2,17,18,19)(H4,11,12,14,15)/p-1/t7-,8+;5-,6?/m00/s1. The van der Waals surface area contributed by atoms with E-state index in [0.29, 0.717) is 41.8 Å². The smallest absolute Gasteiger partial charge is 0.224 e. The molecule has 6 rings (SSSR count). The summed E-state index contributed by atoms with van der Waals surface area (Å²) in [5.74, 6) is -0.971. The maximum absolute atomic E-state index is 12.1. The van der Waals surface area contributed by atoms with Gasteiger partial charge < -0.3 is 54.7 Å². The molecule has 2 aliphatic heterocycles. The van der Waals surface area contributed by atoms with Crippen LogP contribution in [0.2, 0.25) is 5.15 Å². The van der Waals surface area contributed by atoms with Gasteiger partial charge in [-0.25, -0.2) is 9.97 Å². The number of fused-ring (bicyclic) bond motifs is 2. The third-order valence-electron chi connectivity index (χ3n) is 6.98. The van der Waals surface area contributed by atoms with Crippen molar-refractivity contribution < 1.29 is 28.4 Å². The Kier molecular flexibility index (Phi) is 8.47. The fraction of sp³-hybridized carbons (Fsp3) is 0.545. The lowest BCUT2D eigenvalue weighted by Crippen LogP contribution is -2.20. The molecule has 228 valence electrons. The lowest BCUT2D eigenvalue weighted by Gasteiger charge is -2.23. The Hall–Kier alpha value is -2.91. The summed E-state index contributed by atoms with van der Waals surface area (Å²) in [6.45, 7) is 4.45. The molecule has 0 radical (unpaired) electrons. The number of ether oxygens (including phenoxy) is 2. The summed E-state index contributed by atoms with van der Waals surface area (Å²) in [4.78, 5) is 44.3. The average molecular weight is 643 g/mol. The molecule has 0 aromatic carbocycles. The van der Waals surface area contributed by atoms with Crippen molar-refractivity contribution in [3.05, 3.63) is 17.8 Å². The Morgan fingerprint density at radius 1 is 0.881 bits per heavy atom. The Labute approximate surface area is 244 Å². The monoisotopic (exact) mass is 642 g/mol. The topological polar surface area (TPSA) is 261 Å². The SMILES string of the molecule is CP(C)(=O)[C@@H]1CC[C@@H](Cn2cnc3c(Cl)nc(N)nc32)O1.Nc1nc(N)c2ncn(C[C@@H]3CCC(P(=O)([O-])O)O3)c2n1. The first kappa shape index (κ1) is 30.5. The van der Waals surface area contributed by atoms with Crippen molar-refractivity contribution in [3.63, 3.8) is 0 Å². The zero-order valence-corrected chi connectivity index (χ0v) is 25.3. The van der Waals surface area contributed by atoms with E-state index in [2.05, 4.69) is 29.9 Å². The molecular formula is C22H31ClN11O6P2-. The number of aromatic nitrogens is 8. The van der Waals surface area contributed by atoms with Gasteiger partial charge in [-0.1, -0.05) is 11.6 Å². The first-order valence-corrected chi connectivity index (χ1v) is 17.6. The second kappa shape index (κ2) is 11.6. The normalized spacial score (nSPS) is 24.1. The van der Waals surface area contributed by atoms with E-state index in [1.807, 2.05) is 4.57 Å². The first-order chi connectivity index (χ1) is 19.7. The van der Waals surface area contributed by atoms with Gasteiger partial charge in [-0.3, -0.25) is 0 Å². The van der Waals surface area contributed by atoms with E-state index in [4.69, 9.17) is 43.2 Å². The quantitative estimate of drug-likeness (QED) is 0.170. The summed E-state index contributed by atoms with van der Waals surface area (Å²) in [5.41, 5.74) is 18.9. The average Bonchev–Trinajstić information content (AvgIpc) is 3.67. The highest BCUT2D eigenvalue weighted by Gasteiger charge is 2.34. The molecule has 42 heavy (non-hydrogen) atoms. The van der Waals surface area contributed by atoms with Crippen molar-refractivity contribution >= 4 is 66.4 Å². The largest absolute Gasteiger partial charge is 0.777 e. The molecule has 17 nitrogen and oxygen atoms in total. The molecule has 2 aliphatic rings. The molecule has 6 heterocycles. The van der Waals surface area contributed by atoms with Crippen LogP contribution in [0.3, 0.4) is 0 Å². The molecule has 0 bridgehead atoms. The number of rotatable bonds is 6. The fourth-order valence-corrected chi connectivity index (χ4v) is 7.21. The van der Waals surface area contributed by atoms with Gasteiger partial charge in [-0.05, 0) is 39.0 Å². The number of hydrogen-bond donors (Lipinski definition) is 4. The van der Waals surface area contributed by atoms with Crippen molar-refractivity contribution in [1.82, 2.24) is 39.0 Å². The van der Waals surface area contributed by atoms with Crippen molar-refractivity contribution in [2.24, 2.45) is 0 Å². The van der Waals surface area contributed by atoms with Gasteiger partial charge in [0.1, 0.15) is 29.9 Å². The summed E-state index contributed by atoms with van der Waals surface area (Å²) >= 11 is 6.00. The molecule has 0 saturated carbocycles. The number of nitrogens with zero attached hydrogens (tertiary/aromatic N) is 8. The van der Waals surface area contributed by atoms with Crippen molar-refractivity contribution in [2.45, 2.75) is 62.7 Å². The molecule has 0 spiro atoms. The molecule has 4 aromatic heterocycles. The van der Waals surface area contributed by atoms with Crippen LogP contribution in [-0.2, 0) is 31.7 Å². The number of hydrogen-bond acceptors (Lipinski definition) is 14. The highest BCUT2D eigenvalue weighted by atomic mass is 35.5. The lowest BCUT2D eigenvalue weighted by molar-refractivity contribution is -0.204. The van der Waals surface area contributed by atoms with Gasteiger partial charge in [0.15, 0.2) is 29.9 Å². The van der Waals surface area contributed by atoms with E-state index >= 15 is 0 Å². The van der Waals surface area contributed by atoms with Gasteiger partial charge in [-0.15, -0.1) is 0 Å². The van der Waals surface area contributed by atoms with Gasteiger partial charge in [0, 0.05) is 0 Å². The first-order valence-electron chi connectivity index (χ1n) is 13.0. The molecule has 0 aliphatic carbocycles. The maximum Gasteiger partial charge on any atom is 0.224 e. The molecule has 2 fully saturated rings. The second-order valence-corrected chi connectivity index (χ2v) is 16.1. The molecule has 5 atom stereocenters. The third kappa shape index (κ3) is 6.67. The summed E-state index contributed by atoms with van der Waals surface area (Å²) in [5, 5.41) is 0.244. The highest BCUT2D eigenvalue weighted by molar-refractivity contribution is 7.62. The van der Waals surface area contributed by atoms with Crippen molar-refractivity contribution in [3.8, 4) is 0 Å². The van der Waals surface area contributed by atoms with Crippen LogP contribution in [0.5, 0.6) is 0 Å². The van der Waals surface area contributed by atoms with Gasteiger partial charge in [0.05, 0.1) is 38.0 Å². The van der Waals surface area contributed by atoms with Crippen LogP contribution in [0.25, 0.3) is 22.3 Å². The van der Waals surface area contributed by atoms with Gasteiger partial charge in [-0.2, -0.15) is 19.9 Å². The molecule has 0 amide bonds.